The lowest BCUT2D eigenvalue weighted by molar-refractivity contribution is -0.161. The minimum atomic E-state index is -1.14. The van der Waals surface area contributed by atoms with Gasteiger partial charge in [0.15, 0.2) is 0 Å². The van der Waals surface area contributed by atoms with Crippen LogP contribution in [0.1, 0.15) is 23.1 Å². The first kappa shape index (κ1) is 15.1. The van der Waals surface area contributed by atoms with Crippen molar-refractivity contribution in [1.82, 2.24) is 4.90 Å². The molecule has 0 bridgehead atoms. The number of thiophene rings is 1. The minimum Gasteiger partial charge on any atom is -0.477 e. The molecule has 0 radical (unpaired) electrons. The Bertz CT molecular complexity index is 722. The number of nitrogens with two attached hydrogens (primary N) is 1. The normalized spacial score (nSPS) is 25.0. The molecule has 6 nitrogen and oxygen atoms in total. The number of aliphatic carboxylic acids is 1. The molecule has 0 spiro atoms. The first-order valence-corrected chi connectivity index (χ1v) is 7.93. The summed E-state index contributed by atoms with van der Waals surface area (Å²) in [6.45, 7) is 1.55. The number of aliphatic hydroxyl groups is 1. The number of carbonyl (C=O) groups excluding carboxylic acids is 1. The zero-order chi connectivity index (χ0) is 16.2. The van der Waals surface area contributed by atoms with Crippen LogP contribution in [0, 0.1) is 5.92 Å². The molecule has 0 saturated carbocycles. The summed E-state index contributed by atoms with van der Waals surface area (Å²) >= 11 is 6.23. The second-order valence-electron chi connectivity index (χ2n) is 5.41. The number of fused-ring (bicyclic) bond motifs is 1. The molecular weight excluding hydrogens is 324 g/mol. The van der Waals surface area contributed by atoms with Crippen LogP contribution in [0.2, 0.25) is 0 Å². The van der Waals surface area contributed by atoms with Crippen molar-refractivity contribution in [3.8, 4) is 0 Å². The summed E-state index contributed by atoms with van der Waals surface area (Å²) in [4.78, 5) is 26.7. The number of carbonyl (C=O) groups is 2. The van der Waals surface area contributed by atoms with E-state index < -0.39 is 18.0 Å². The van der Waals surface area contributed by atoms with Crippen LogP contribution in [0.4, 0.5) is 0 Å². The third kappa shape index (κ3) is 2.06. The quantitative estimate of drug-likeness (QED) is 0.554. The van der Waals surface area contributed by atoms with E-state index in [1.165, 1.54) is 16.2 Å². The van der Waals surface area contributed by atoms with Gasteiger partial charge in [-0.15, -0.1) is 11.3 Å². The van der Waals surface area contributed by atoms with Crippen molar-refractivity contribution in [2.24, 2.45) is 11.7 Å². The van der Waals surface area contributed by atoms with Gasteiger partial charge in [0.05, 0.1) is 22.9 Å². The van der Waals surface area contributed by atoms with Gasteiger partial charge in [-0.2, -0.15) is 0 Å². The SMILES string of the molecule is CC(O)C1C(=O)N2C(C(=O)O)=C(c3ccc(C(N)=S)s3)CC12. The number of hydrogen-bond acceptors (Lipinski definition) is 5. The molecule has 0 aromatic carbocycles. The third-order valence-electron chi connectivity index (χ3n) is 4.08. The standard InChI is InChI=1S/C14H14N2O4S2/c1-5(17)10-7-4-6(8-2-3-9(22-8)12(15)21)11(14(19)20)16(7)13(10)18/h2-3,5,7,10,17H,4H2,1H3,(H2,15,21)(H,19,20). The van der Waals surface area contributed by atoms with E-state index >= 15 is 0 Å². The van der Waals surface area contributed by atoms with Crippen LogP contribution in [0.5, 0.6) is 0 Å². The molecular formula is C14H14N2O4S2. The van der Waals surface area contributed by atoms with Crippen molar-refractivity contribution < 1.29 is 19.8 Å². The highest BCUT2D eigenvalue weighted by atomic mass is 32.1. The molecule has 3 heterocycles. The zero-order valence-electron chi connectivity index (χ0n) is 11.6. The lowest BCUT2D eigenvalue weighted by Crippen LogP contribution is -2.61. The summed E-state index contributed by atoms with van der Waals surface area (Å²) in [5, 5.41) is 19.2. The minimum absolute atomic E-state index is 0.00300. The lowest BCUT2D eigenvalue weighted by atomic mass is 9.83. The van der Waals surface area contributed by atoms with E-state index in [1.54, 1.807) is 19.1 Å². The molecule has 22 heavy (non-hydrogen) atoms. The highest BCUT2D eigenvalue weighted by Crippen LogP contribution is 2.47. The van der Waals surface area contributed by atoms with Crippen molar-refractivity contribution in [1.29, 1.82) is 0 Å². The molecule has 1 saturated heterocycles. The van der Waals surface area contributed by atoms with Gasteiger partial charge in [-0.3, -0.25) is 4.79 Å². The monoisotopic (exact) mass is 338 g/mol. The fourth-order valence-electron chi connectivity index (χ4n) is 3.12. The van der Waals surface area contributed by atoms with Crippen LogP contribution in [0.15, 0.2) is 17.8 Å². The van der Waals surface area contributed by atoms with Gasteiger partial charge in [0.25, 0.3) is 0 Å². The Labute approximate surface area is 135 Å². The Morgan fingerprint density at radius 3 is 2.73 bits per heavy atom. The molecule has 116 valence electrons. The smallest absolute Gasteiger partial charge is 0.352 e. The second-order valence-corrected chi connectivity index (χ2v) is 6.93. The average Bonchev–Trinajstić information content (AvgIpc) is 2.99. The zero-order valence-corrected chi connectivity index (χ0v) is 13.3. The second kappa shape index (κ2) is 5.15. The van der Waals surface area contributed by atoms with Gasteiger partial charge >= 0.3 is 5.97 Å². The van der Waals surface area contributed by atoms with E-state index in [9.17, 15) is 19.8 Å². The number of β-lactam (4-membered cyclic amide) rings is 1. The Morgan fingerprint density at radius 2 is 2.23 bits per heavy atom. The van der Waals surface area contributed by atoms with Gasteiger partial charge < -0.3 is 20.8 Å². The van der Waals surface area contributed by atoms with Gasteiger partial charge in [-0.25, -0.2) is 4.79 Å². The number of nitrogens with zero attached hydrogens (tertiary/aromatic N) is 1. The van der Waals surface area contributed by atoms with Gasteiger partial charge in [0.1, 0.15) is 10.7 Å². The molecule has 1 aromatic rings. The summed E-state index contributed by atoms with van der Waals surface area (Å²) in [5.74, 6) is -2.01. The number of carboxylic acids is 1. The third-order valence-corrected chi connectivity index (χ3v) is 5.60. The molecule has 1 fully saturated rings. The number of hydrogen-bond donors (Lipinski definition) is 3. The largest absolute Gasteiger partial charge is 0.477 e. The maximum atomic E-state index is 12.1. The Balaban J connectivity index is 2.01. The van der Waals surface area contributed by atoms with Crippen molar-refractivity contribution in [3.63, 3.8) is 0 Å². The van der Waals surface area contributed by atoms with Crippen molar-refractivity contribution in [3.05, 3.63) is 27.6 Å². The Kier molecular flexibility index (Phi) is 3.54. The van der Waals surface area contributed by atoms with Crippen LogP contribution in [-0.4, -0.2) is 44.1 Å². The van der Waals surface area contributed by atoms with E-state index in [0.29, 0.717) is 16.9 Å². The fourth-order valence-corrected chi connectivity index (χ4v) is 4.23. The maximum absolute atomic E-state index is 12.1. The van der Waals surface area contributed by atoms with Gasteiger partial charge in [-0.05, 0) is 25.5 Å². The van der Waals surface area contributed by atoms with E-state index in [0.717, 1.165) is 4.88 Å². The van der Waals surface area contributed by atoms with Crippen LogP contribution in [-0.2, 0) is 9.59 Å². The van der Waals surface area contributed by atoms with Gasteiger partial charge in [-0.1, -0.05) is 12.2 Å². The van der Waals surface area contributed by atoms with Gasteiger partial charge in [0, 0.05) is 10.5 Å². The molecule has 2 aliphatic rings. The van der Waals surface area contributed by atoms with Crippen LogP contribution in [0.3, 0.4) is 0 Å². The van der Waals surface area contributed by atoms with E-state index in [1.807, 2.05) is 0 Å². The molecule has 0 aliphatic carbocycles. The molecule has 3 unspecified atom stereocenters. The first-order chi connectivity index (χ1) is 10.3. The van der Waals surface area contributed by atoms with E-state index in [-0.39, 0.29) is 22.6 Å². The van der Waals surface area contributed by atoms with E-state index in [2.05, 4.69) is 0 Å². The van der Waals surface area contributed by atoms with Crippen LogP contribution < -0.4 is 5.73 Å². The van der Waals surface area contributed by atoms with Crippen LogP contribution in [0.25, 0.3) is 5.57 Å². The summed E-state index contributed by atoms with van der Waals surface area (Å²) in [6.07, 6.45) is -0.376. The van der Waals surface area contributed by atoms with Gasteiger partial charge in [0.2, 0.25) is 5.91 Å². The van der Waals surface area contributed by atoms with Crippen molar-refractivity contribution in [2.75, 3.05) is 0 Å². The predicted octanol–water partition coefficient (Wildman–Crippen LogP) is 0.789. The Morgan fingerprint density at radius 1 is 1.55 bits per heavy atom. The summed E-state index contributed by atoms with van der Waals surface area (Å²) < 4.78 is 0. The number of thiocarbonyl (C=S) groups is 1. The highest BCUT2D eigenvalue weighted by Gasteiger charge is 2.56. The molecule has 1 aromatic heterocycles. The number of carboxylic acid groups (broad SMARTS) is 1. The van der Waals surface area contributed by atoms with Crippen molar-refractivity contribution in [2.45, 2.75) is 25.5 Å². The fraction of sp³-hybridized carbons (Fsp3) is 0.357. The predicted molar refractivity (Wildman–Crippen MR) is 85.2 cm³/mol. The number of aliphatic hydroxyl groups excluding tert-OH is 1. The number of amides is 1. The Hall–Kier alpha value is -1.77. The summed E-state index contributed by atoms with van der Waals surface area (Å²) in [7, 11) is 0. The molecule has 4 N–H and O–H groups in total. The molecule has 3 rings (SSSR count). The van der Waals surface area contributed by atoms with Crippen LogP contribution >= 0.6 is 23.6 Å². The van der Waals surface area contributed by atoms with Crippen molar-refractivity contribution >= 4 is 46.0 Å². The average molecular weight is 338 g/mol. The van der Waals surface area contributed by atoms with E-state index in [4.69, 9.17) is 18.0 Å². The lowest BCUT2D eigenvalue weighted by Gasteiger charge is -2.44. The molecule has 2 aliphatic heterocycles. The number of rotatable bonds is 4. The molecule has 8 heteroatoms. The first-order valence-electron chi connectivity index (χ1n) is 6.70. The topological polar surface area (TPSA) is 104 Å². The molecule has 1 amide bonds. The summed E-state index contributed by atoms with van der Waals surface area (Å²) in [5.41, 5.74) is 6.18. The summed E-state index contributed by atoms with van der Waals surface area (Å²) in [6, 6.07) is 3.23. The highest BCUT2D eigenvalue weighted by molar-refractivity contribution is 7.81. The molecule has 3 atom stereocenters. The maximum Gasteiger partial charge on any atom is 0.352 e.